The van der Waals surface area contributed by atoms with E-state index in [0.717, 1.165) is 25.3 Å². The highest BCUT2D eigenvalue weighted by atomic mass is 32.2. The summed E-state index contributed by atoms with van der Waals surface area (Å²) >= 11 is 1.91. The van der Waals surface area contributed by atoms with Crippen molar-refractivity contribution < 1.29 is 4.74 Å². The number of hydrogen-bond donors (Lipinski definition) is 1. The van der Waals surface area contributed by atoms with Gasteiger partial charge in [-0.1, -0.05) is 19.1 Å². The summed E-state index contributed by atoms with van der Waals surface area (Å²) in [5.41, 5.74) is 1.34. The number of thioether (sulfide) groups is 1. The molecule has 1 N–H and O–H groups in total. The molecule has 0 aliphatic carbocycles. The van der Waals surface area contributed by atoms with Gasteiger partial charge in [-0.2, -0.15) is 0 Å². The van der Waals surface area contributed by atoms with Crippen molar-refractivity contribution in [1.82, 2.24) is 5.32 Å². The van der Waals surface area contributed by atoms with Crippen LogP contribution in [0.5, 0.6) is 0 Å². The largest absolute Gasteiger partial charge is 0.379 e. The molecule has 0 fully saturated rings. The van der Waals surface area contributed by atoms with E-state index >= 15 is 0 Å². The van der Waals surface area contributed by atoms with Gasteiger partial charge in [0.2, 0.25) is 0 Å². The average Bonchev–Trinajstić information content (AvgIpc) is 2.39. The van der Waals surface area contributed by atoms with Crippen LogP contribution in [0.3, 0.4) is 0 Å². The first kappa shape index (κ1) is 16.5. The van der Waals surface area contributed by atoms with Crippen molar-refractivity contribution >= 4 is 11.8 Å². The monoisotopic (exact) mass is 281 g/mol. The molecule has 19 heavy (non-hydrogen) atoms. The zero-order chi connectivity index (χ0) is 14.1. The lowest BCUT2D eigenvalue weighted by Gasteiger charge is -2.22. The molecule has 0 heterocycles. The Balaban J connectivity index is 2.39. The van der Waals surface area contributed by atoms with Gasteiger partial charge in [-0.05, 0) is 50.9 Å². The maximum absolute atomic E-state index is 5.44. The fourth-order valence-corrected chi connectivity index (χ4v) is 2.91. The second kappa shape index (κ2) is 8.62. The highest BCUT2D eigenvalue weighted by Crippen LogP contribution is 2.24. The fourth-order valence-electron chi connectivity index (χ4n) is 1.67. The molecule has 0 bridgehead atoms. The first-order valence-electron chi connectivity index (χ1n) is 7.05. The maximum Gasteiger partial charge on any atom is 0.0630 e. The molecule has 1 aromatic carbocycles. The molecule has 0 radical (unpaired) electrons. The zero-order valence-corrected chi connectivity index (χ0v) is 13.5. The van der Waals surface area contributed by atoms with Gasteiger partial charge in [0.15, 0.2) is 0 Å². The summed E-state index contributed by atoms with van der Waals surface area (Å²) in [4.78, 5) is 1.35. The third-order valence-corrected chi connectivity index (χ3v) is 4.18. The van der Waals surface area contributed by atoms with E-state index < -0.39 is 0 Å². The molecule has 1 aromatic rings. The van der Waals surface area contributed by atoms with Gasteiger partial charge in [-0.3, -0.25) is 0 Å². The Morgan fingerprint density at radius 3 is 2.79 bits per heavy atom. The molecule has 0 atom stereocenters. The lowest BCUT2D eigenvalue weighted by Crippen LogP contribution is -2.22. The van der Waals surface area contributed by atoms with E-state index in [0.29, 0.717) is 0 Å². The molecular weight excluding hydrogens is 254 g/mol. The number of benzene rings is 1. The molecule has 0 aliphatic rings. The van der Waals surface area contributed by atoms with Gasteiger partial charge < -0.3 is 10.1 Å². The highest BCUT2D eigenvalue weighted by molar-refractivity contribution is 7.99. The van der Waals surface area contributed by atoms with Crippen molar-refractivity contribution in [2.75, 3.05) is 19.4 Å². The second-order valence-electron chi connectivity index (χ2n) is 5.39. The first-order valence-corrected chi connectivity index (χ1v) is 8.03. The van der Waals surface area contributed by atoms with Crippen molar-refractivity contribution in [2.24, 2.45) is 0 Å². The SMILES string of the molecule is CCCNCc1cccc(SCCC(C)(C)OC)c1. The molecule has 1 rings (SSSR count). The van der Waals surface area contributed by atoms with E-state index in [9.17, 15) is 0 Å². The molecule has 0 aromatic heterocycles. The van der Waals surface area contributed by atoms with Crippen LogP contribution in [0.4, 0.5) is 0 Å². The fraction of sp³-hybridized carbons (Fsp3) is 0.625. The Morgan fingerprint density at radius 2 is 2.11 bits per heavy atom. The first-order chi connectivity index (χ1) is 9.07. The van der Waals surface area contributed by atoms with Gasteiger partial charge in [0, 0.05) is 24.3 Å². The lowest BCUT2D eigenvalue weighted by molar-refractivity contribution is 0.0207. The predicted molar refractivity (Wildman–Crippen MR) is 84.9 cm³/mol. The third kappa shape index (κ3) is 7.00. The molecule has 0 unspecified atom stereocenters. The Kier molecular flexibility index (Phi) is 7.51. The molecule has 2 nitrogen and oxygen atoms in total. The van der Waals surface area contributed by atoms with Crippen LogP contribution in [0, 0.1) is 0 Å². The van der Waals surface area contributed by atoms with Crippen LogP contribution in [0.25, 0.3) is 0 Å². The second-order valence-corrected chi connectivity index (χ2v) is 6.55. The van der Waals surface area contributed by atoms with Gasteiger partial charge >= 0.3 is 0 Å². The minimum atomic E-state index is -0.0205. The summed E-state index contributed by atoms with van der Waals surface area (Å²) in [6.45, 7) is 8.51. The molecule has 0 saturated carbocycles. The number of methoxy groups -OCH3 is 1. The van der Waals surface area contributed by atoms with Crippen LogP contribution in [0.1, 0.15) is 39.2 Å². The van der Waals surface area contributed by atoms with Gasteiger partial charge in [0.1, 0.15) is 0 Å². The topological polar surface area (TPSA) is 21.3 Å². The van der Waals surface area contributed by atoms with E-state index in [4.69, 9.17) is 4.74 Å². The minimum absolute atomic E-state index is 0.0205. The normalized spacial score (nSPS) is 11.8. The van der Waals surface area contributed by atoms with E-state index in [1.807, 2.05) is 11.8 Å². The molecule has 0 saturated heterocycles. The van der Waals surface area contributed by atoms with Gasteiger partial charge in [0.05, 0.1) is 5.60 Å². The third-order valence-electron chi connectivity index (χ3n) is 3.18. The van der Waals surface area contributed by atoms with Crippen LogP contribution >= 0.6 is 11.8 Å². The molecule has 3 heteroatoms. The predicted octanol–water partition coefficient (Wildman–Crippen LogP) is 4.09. The van der Waals surface area contributed by atoms with Crippen LogP contribution in [0.15, 0.2) is 29.2 Å². The van der Waals surface area contributed by atoms with Crippen LogP contribution in [-0.4, -0.2) is 25.0 Å². The summed E-state index contributed by atoms with van der Waals surface area (Å²) in [6.07, 6.45) is 2.24. The van der Waals surface area contributed by atoms with E-state index in [2.05, 4.69) is 50.4 Å². The van der Waals surface area contributed by atoms with Crippen molar-refractivity contribution in [3.05, 3.63) is 29.8 Å². The van der Waals surface area contributed by atoms with E-state index in [1.54, 1.807) is 7.11 Å². The van der Waals surface area contributed by atoms with E-state index in [1.165, 1.54) is 16.9 Å². The summed E-state index contributed by atoms with van der Waals surface area (Å²) in [6, 6.07) is 8.81. The number of ether oxygens (including phenoxy) is 1. The summed E-state index contributed by atoms with van der Waals surface area (Å²) in [5.74, 6) is 1.09. The van der Waals surface area contributed by atoms with Crippen LogP contribution in [0.2, 0.25) is 0 Å². The lowest BCUT2D eigenvalue weighted by atomic mass is 10.1. The summed E-state index contributed by atoms with van der Waals surface area (Å²) in [7, 11) is 1.78. The van der Waals surface area contributed by atoms with Gasteiger partial charge in [-0.15, -0.1) is 11.8 Å². The Morgan fingerprint density at radius 1 is 1.32 bits per heavy atom. The highest BCUT2D eigenvalue weighted by Gasteiger charge is 2.15. The molecule has 108 valence electrons. The van der Waals surface area contributed by atoms with Crippen molar-refractivity contribution in [3.63, 3.8) is 0 Å². The van der Waals surface area contributed by atoms with Crippen molar-refractivity contribution in [2.45, 2.75) is 50.7 Å². The molecule has 0 amide bonds. The van der Waals surface area contributed by atoms with Crippen molar-refractivity contribution in [3.8, 4) is 0 Å². The number of hydrogen-bond acceptors (Lipinski definition) is 3. The molecule has 0 aliphatic heterocycles. The van der Waals surface area contributed by atoms with E-state index in [-0.39, 0.29) is 5.60 Å². The minimum Gasteiger partial charge on any atom is -0.379 e. The average molecular weight is 281 g/mol. The van der Waals surface area contributed by atoms with Gasteiger partial charge in [0.25, 0.3) is 0 Å². The Hall–Kier alpha value is -0.510. The smallest absolute Gasteiger partial charge is 0.0630 e. The zero-order valence-electron chi connectivity index (χ0n) is 12.7. The van der Waals surface area contributed by atoms with Crippen LogP contribution in [-0.2, 0) is 11.3 Å². The Labute approximate surface area is 122 Å². The van der Waals surface area contributed by atoms with Crippen LogP contribution < -0.4 is 5.32 Å². The maximum atomic E-state index is 5.44. The Bertz CT molecular complexity index is 366. The standard InChI is InChI=1S/C16H27NOS/c1-5-10-17-13-14-7-6-8-15(12-14)19-11-9-16(2,3)18-4/h6-8,12,17H,5,9-11,13H2,1-4H3. The number of nitrogens with one attached hydrogen (secondary N) is 1. The van der Waals surface area contributed by atoms with Crippen molar-refractivity contribution in [1.29, 1.82) is 0 Å². The molecular formula is C16H27NOS. The summed E-state index contributed by atoms with van der Waals surface area (Å²) < 4.78 is 5.44. The number of rotatable bonds is 9. The summed E-state index contributed by atoms with van der Waals surface area (Å²) in [5, 5.41) is 3.44. The quantitative estimate of drug-likeness (QED) is 0.544. The molecule has 0 spiro atoms. The van der Waals surface area contributed by atoms with Gasteiger partial charge in [-0.25, -0.2) is 0 Å².